The van der Waals surface area contributed by atoms with E-state index in [0.29, 0.717) is 11.6 Å². The van der Waals surface area contributed by atoms with Gasteiger partial charge in [0.05, 0.1) is 6.26 Å². The van der Waals surface area contributed by atoms with Crippen LogP contribution in [0.25, 0.3) is 6.08 Å². The van der Waals surface area contributed by atoms with E-state index in [1.54, 1.807) is 30.7 Å². The van der Waals surface area contributed by atoms with Crippen LogP contribution in [0.3, 0.4) is 0 Å². The van der Waals surface area contributed by atoms with Gasteiger partial charge in [-0.3, -0.25) is 4.79 Å². The largest absolute Gasteiger partial charge is 0.465 e. The summed E-state index contributed by atoms with van der Waals surface area (Å²) < 4.78 is 5.08. The van der Waals surface area contributed by atoms with E-state index in [9.17, 15) is 4.79 Å². The Balaban J connectivity index is 2.01. The molecule has 0 saturated carbocycles. The van der Waals surface area contributed by atoms with Gasteiger partial charge in [0.1, 0.15) is 11.6 Å². The fourth-order valence-corrected chi connectivity index (χ4v) is 1.32. The van der Waals surface area contributed by atoms with Crippen LogP contribution in [0.15, 0.2) is 47.2 Å². The van der Waals surface area contributed by atoms with Crippen LogP contribution in [0.1, 0.15) is 11.3 Å². The number of hydrogen-bond acceptors (Lipinski definition) is 3. The molecule has 2 rings (SSSR count). The minimum absolute atomic E-state index is 0.233. The highest BCUT2D eigenvalue weighted by atomic mass is 16.3. The lowest BCUT2D eigenvalue weighted by Gasteiger charge is -2.03. The predicted molar refractivity (Wildman–Crippen MR) is 65.3 cm³/mol. The van der Waals surface area contributed by atoms with Crippen molar-refractivity contribution in [1.82, 2.24) is 4.98 Å². The van der Waals surface area contributed by atoms with E-state index in [1.807, 2.05) is 19.1 Å². The van der Waals surface area contributed by atoms with Gasteiger partial charge >= 0.3 is 0 Å². The first-order chi connectivity index (χ1) is 8.25. The summed E-state index contributed by atoms with van der Waals surface area (Å²) in [5.74, 6) is 0.975. The van der Waals surface area contributed by atoms with E-state index in [4.69, 9.17) is 4.42 Å². The maximum atomic E-state index is 11.6. The number of carbonyl (C=O) groups is 1. The Morgan fingerprint density at radius 2 is 2.29 bits per heavy atom. The number of furan rings is 1. The van der Waals surface area contributed by atoms with Crippen molar-refractivity contribution in [2.24, 2.45) is 0 Å². The Hall–Kier alpha value is -2.36. The van der Waals surface area contributed by atoms with Crippen LogP contribution < -0.4 is 5.32 Å². The van der Waals surface area contributed by atoms with Crippen molar-refractivity contribution in [3.63, 3.8) is 0 Å². The number of anilines is 1. The van der Waals surface area contributed by atoms with Gasteiger partial charge in [-0.25, -0.2) is 4.98 Å². The first kappa shape index (κ1) is 11.1. The number of hydrogen-bond donors (Lipinski definition) is 1. The summed E-state index contributed by atoms with van der Waals surface area (Å²) >= 11 is 0. The molecule has 0 aliphatic heterocycles. The molecule has 0 unspecified atom stereocenters. The molecular formula is C13H12N2O2. The Kier molecular flexibility index (Phi) is 3.35. The third kappa shape index (κ3) is 3.04. The Bertz CT molecular complexity index is 530. The van der Waals surface area contributed by atoms with Gasteiger partial charge in [-0.05, 0) is 36.8 Å². The number of aryl methyl sites for hydroxylation is 1. The van der Waals surface area contributed by atoms with Crippen LogP contribution >= 0.6 is 0 Å². The number of amides is 1. The van der Waals surface area contributed by atoms with E-state index in [-0.39, 0.29) is 5.91 Å². The smallest absolute Gasteiger partial charge is 0.249 e. The van der Waals surface area contributed by atoms with Gasteiger partial charge in [0.15, 0.2) is 0 Å². The normalized spacial score (nSPS) is 10.6. The van der Waals surface area contributed by atoms with Gasteiger partial charge < -0.3 is 9.73 Å². The van der Waals surface area contributed by atoms with Crippen LogP contribution in [0.5, 0.6) is 0 Å². The Morgan fingerprint density at radius 1 is 1.41 bits per heavy atom. The van der Waals surface area contributed by atoms with Gasteiger partial charge in [-0.15, -0.1) is 0 Å². The third-order valence-electron chi connectivity index (χ3n) is 2.19. The Labute approximate surface area is 99.0 Å². The zero-order valence-corrected chi connectivity index (χ0v) is 9.38. The molecule has 17 heavy (non-hydrogen) atoms. The zero-order chi connectivity index (χ0) is 12.1. The van der Waals surface area contributed by atoms with Gasteiger partial charge in [0.25, 0.3) is 0 Å². The van der Waals surface area contributed by atoms with Crippen molar-refractivity contribution < 1.29 is 9.21 Å². The highest BCUT2D eigenvalue weighted by Gasteiger charge is 2.01. The first-order valence-electron chi connectivity index (χ1n) is 5.20. The van der Waals surface area contributed by atoms with E-state index >= 15 is 0 Å². The fraction of sp³-hybridized carbons (Fsp3) is 0.0769. The summed E-state index contributed by atoms with van der Waals surface area (Å²) in [4.78, 5) is 15.7. The van der Waals surface area contributed by atoms with Gasteiger partial charge in [-0.2, -0.15) is 0 Å². The molecule has 0 spiro atoms. The van der Waals surface area contributed by atoms with Crippen molar-refractivity contribution >= 4 is 17.8 Å². The minimum atomic E-state index is -0.233. The van der Waals surface area contributed by atoms with Crippen LogP contribution in [-0.2, 0) is 4.79 Å². The molecule has 0 fully saturated rings. The molecule has 2 aromatic heterocycles. The van der Waals surface area contributed by atoms with Crippen LogP contribution in [-0.4, -0.2) is 10.9 Å². The van der Waals surface area contributed by atoms with Crippen molar-refractivity contribution in [2.75, 3.05) is 5.32 Å². The van der Waals surface area contributed by atoms with Crippen molar-refractivity contribution in [1.29, 1.82) is 0 Å². The quantitative estimate of drug-likeness (QED) is 0.821. The fourth-order valence-electron chi connectivity index (χ4n) is 1.32. The highest BCUT2D eigenvalue weighted by molar-refractivity contribution is 6.01. The molecular weight excluding hydrogens is 216 g/mol. The SMILES string of the molecule is Cc1cccnc1NC(=O)/C=C\c1ccco1. The molecule has 0 bridgehead atoms. The lowest BCUT2D eigenvalue weighted by molar-refractivity contribution is -0.111. The number of pyridine rings is 1. The number of carbonyl (C=O) groups excluding carboxylic acids is 1. The van der Waals surface area contributed by atoms with Crippen LogP contribution in [0, 0.1) is 6.92 Å². The average molecular weight is 228 g/mol. The summed E-state index contributed by atoms with van der Waals surface area (Å²) in [7, 11) is 0. The summed E-state index contributed by atoms with van der Waals surface area (Å²) in [6, 6.07) is 7.25. The highest BCUT2D eigenvalue weighted by Crippen LogP contribution is 2.09. The number of aromatic nitrogens is 1. The lowest BCUT2D eigenvalue weighted by Crippen LogP contribution is -2.10. The molecule has 0 aliphatic carbocycles. The molecule has 2 aromatic rings. The molecule has 1 N–H and O–H groups in total. The monoisotopic (exact) mass is 228 g/mol. The Morgan fingerprint density at radius 3 is 3.00 bits per heavy atom. The van der Waals surface area contributed by atoms with Gasteiger partial charge in [-0.1, -0.05) is 6.07 Å². The second-order valence-corrected chi connectivity index (χ2v) is 3.51. The summed E-state index contributed by atoms with van der Waals surface area (Å²) in [6.45, 7) is 1.89. The van der Waals surface area contributed by atoms with Crippen molar-refractivity contribution in [3.8, 4) is 0 Å². The second kappa shape index (κ2) is 5.12. The molecule has 0 aromatic carbocycles. The maximum Gasteiger partial charge on any atom is 0.249 e. The van der Waals surface area contributed by atoms with Crippen molar-refractivity contribution in [3.05, 3.63) is 54.1 Å². The van der Waals surface area contributed by atoms with Crippen LogP contribution in [0.4, 0.5) is 5.82 Å². The minimum Gasteiger partial charge on any atom is -0.465 e. The molecule has 86 valence electrons. The molecule has 0 atom stereocenters. The molecule has 1 amide bonds. The molecule has 4 nitrogen and oxygen atoms in total. The predicted octanol–water partition coefficient (Wildman–Crippen LogP) is 2.63. The molecule has 0 saturated heterocycles. The summed E-state index contributed by atoms with van der Waals surface area (Å²) in [5.41, 5.74) is 0.923. The van der Waals surface area contributed by atoms with Gasteiger partial charge in [0, 0.05) is 12.3 Å². The van der Waals surface area contributed by atoms with E-state index in [0.717, 1.165) is 5.56 Å². The molecule has 0 aliphatic rings. The number of nitrogens with zero attached hydrogens (tertiary/aromatic N) is 1. The first-order valence-corrected chi connectivity index (χ1v) is 5.20. The topological polar surface area (TPSA) is 55.1 Å². The van der Waals surface area contributed by atoms with E-state index in [1.165, 1.54) is 6.08 Å². The van der Waals surface area contributed by atoms with Crippen molar-refractivity contribution in [2.45, 2.75) is 6.92 Å². The second-order valence-electron chi connectivity index (χ2n) is 3.51. The average Bonchev–Trinajstić information content (AvgIpc) is 2.82. The summed E-state index contributed by atoms with van der Waals surface area (Å²) in [6.07, 6.45) is 6.21. The van der Waals surface area contributed by atoms with Crippen LogP contribution in [0.2, 0.25) is 0 Å². The van der Waals surface area contributed by atoms with Gasteiger partial charge in [0.2, 0.25) is 5.91 Å². The third-order valence-corrected chi connectivity index (χ3v) is 2.19. The number of rotatable bonds is 3. The maximum absolute atomic E-state index is 11.6. The molecule has 4 heteroatoms. The molecule has 2 heterocycles. The zero-order valence-electron chi connectivity index (χ0n) is 9.38. The lowest BCUT2D eigenvalue weighted by atomic mass is 10.3. The van der Waals surface area contributed by atoms with E-state index < -0.39 is 0 Å². The number of nitrogens with one attached hydrogen (secondary N) is 1. The standard InChI is InChI=1S/C13H12N2O2/c1-10-4-2-8-14-13(10)15-12(16)7-6-11-5-3-9-17-11/h2-9H,1H3,(H,14,15,16)/b7-6-. The van der Waals surface area contributed by atoms with E-state index in [2.05, 4.69) is 10.3 Å². The summed E-state index contributed by atoms with van der Waals surface area (Å²) in [5, 5.41) is 2.69. The molecule has 0 radical (unpaired) electrons.